The van der Waals surface area contributed by atoms with E-state index in [2.05, 4.69) is 11.6 Å². The lowest BCUT2D eigenvalue weighted by molar-refractivity contribution is -0.155. The zero-order chi connectivity index (χ0) is 43.6. The number of rotatable bonds is 13. The van der Waals surface area contributed by atoms with E-state index in [-0.39, 0.29) is 44.1 Å². The van der Waals surface area contributed by atoms with Crippen molar-refractivity contribution in [3.05, 3.63) is 84.0 Å². The summed E-state index contributed by atoms with van der Waals surface area (Å²) in [4.78, 5) is 46.1. The van der Waals surface area contributed by atoms with Crippen LogP contribution in [0.4, 0.5) is 26.3 Å². The van der Waals surface area contributed by atoms with Crippen LogP contribution in [0.25, 0.3) is 0 Å². The quantitative estimate of drug-likeness (QED) is 0.0796. The van der Waals surface area contributed by atoms with Crippen molar-refractivity contribution < 1.29 is 60.8 Å². The summed E-state index contributed by atoms with van der Waals surface area (Å²) in [6.07, 6.45) is -1.48. The van der Waals surface area contributed by atoms with Crippen molar-refractivity contribution in [1.29, 1.82) is 0 Å². The smallest absolute Gasteiger partial charge is 0.418 e. The van der Waals surface area contributed by atoms with E-state index in [9.17, 15) is 50.9 Å². The minimum absolute atomic E-state index is 0.169. The summed E-state index contributed by atoms with van der Waals surface area (Å²) in [5.41, 5.74) is -3.92. The monoisotopic (exact) mass is 837 g/mol. The summed E-state index contributed by atoms with van der Waals surface area (Å²) in [5, 5.41) is 30.0. The van der Waals surface area contributed by atoms with Crippen molar-refractivity contribution in [3.63, 3.8) is 0 Å². The summed E-state index contributed by atoms with van der Waals surface area (Å²) in [6.45, 7) is 6.32. The van der Waals surface area contributed by atoms with Crippen LogP contribution in [-0.2, 0) is 26.2 Å². The molecule has 324 valence electrons. The first-order valence-corrected chi connectivity index (χ1v) is 19.8. The molecule has 0 aromatic heterocycles. The van der Waals surface area contributed by atoms with Crippen molar-refractivity contribution in [2.75, 3.05) is 33.3 Å². The second kappa shape index (κ2) is 19.9. The van der Waals surface area contributed by atoms with Gasteiger partial charge < -0.3 is 29.9 Å². The molecule has 5 rings (SSSR count). The highest BCUT2D eigenvalue weighted by atomic mass is 19.4. The van der Waals surface area contributed by atoms with Crippen molar-refractivity contribution in [2.24, 2.45) is 16.3 Å². The highest BCUT2D eigenvalue weighted by Gasteiger charge is 2.47. The third kappa shape index (κ3) is 11.5. The number of nitrogens with zero attached hydrogens (tertiary/aromatic N) is 3. The lowest BCUT2D eigenvalue weighted by atomic mass is 9.66. The number of likely N-dealkylation sites (tertiary alicyclic amines) is 2. The molecule has 3 N–H and O–H groups in total. The molecule has 2 atom stereocenters. The van der Waals surface area contributed by atoms with Gasteiger partial charge in [-0.25, -0.2) is 0 Å². The molecule has 2 aliphatic heterocycles. The number of allylic oxidation sites excluding steroid dienone is 2. The molecule has 3 fully saturated rings. The Morgan fingerprint density at radius 3 is 2.14 bits per heavy atom. The first-order valence-electron chi connectivity index (χ1n) is 19.8. The number of carboxylic acids is 1. The number of amides is 2. The van der Waals surface area contributed by atoms with Crippen molar-refractivity contribution in [2.45, 2.75) is 102 Å². The van der Waals surface area contributed by atoms with Gasteiger partial charge in [0.2, 0.25) is 5.91 Å². The van der Waals surface area contributed by atoms with Crippen LogP contribution in [0.3, 0.4) is 0 Å². The number of alkyl halides is 6. The number of carboxylic acid groups (broad SMARTS) is 1. The fourth-order valence-electron chi connectivity index (χ4n) is 8.14. The fourth-order valence-corrected chi connectivity index (χ4v) is 8.14. The Morgan fingerprint density at radius 1 is 0.966 bits per heavy atom. The van der Waals surface area contributed by atoms with Gasteiger partial charge >= 0.3 is 18.3 Å². The van der Waals surface area contributed by atoms with Crippen molar-refractivity contribution in [3.8, 4) is 11.5 Å². The van der Waals surface area contributed by atoms with Crippen LogP contribution in [-0.4, -0.2) is 94.1 Å². The first-order chi connectivity index (χ1) is 27.8. The maximum atomic E-state index is 14.0. The van der Waals surface area contributed by atoms with Gasteiger partial charge in [0.15, 0.2) is 0 Å². The number of benzene rings is 2. The lowest BCUT2D eigenvalue weighted by Crippen LogP contribution is -2.56. The number of piperidine rings is 2. The lowest BCUT2D eigenvalue weighted by Gasteiger charge is -2.45. The molecule has 1 saturated carbocycles. The number of aromatic hydroxyl groups is 1. The van der Waals surface area contributed by atoms with Crippen LogP contribution in [0.1, 0.15) is 88.7 Å². The number of aliphatic carboxylic acids is 1. The summed E-state index contributed by atoms with van der Waals surface area (Å²) in [6, 6.07) is 10.3. The Labute approximate surface area is 340 Å². The van der Waals surface area contributed by atoms with E-state index in [1.54, 1.807) is 11.0 Å². The van der Waals surface area contributed by atoms with E-state index in [1.165, 1.54) is 4.90 Å². The van der Waals surface area contributed by atoms with Crippen LogP contribution in [0.5, 0.6) is 11.5 Å². The third-order valence-electron chi connectivity index (χ3n) is 11.5. The zero-order valence-electron chi connectivity index (χ0n) is 33.3. The minimum Gasteiger partial charge on any atom is -0.508 e. The Morgan fingerprint density at radius 2 is 1.61 bits per heavy atom. The van der Waals surface area contributed by atoms with Gasteiger partial charge in [0.25, 0.3) is 5.91 Å². The highest BCUT2D eigenvalue weighted by Crippen LogP contribution is 2.45. The molecule has 2 aromatic carbocycles. The van der Waals surface area contributed by atoms with Crippen LogP contribution in [0.15, 0.2) is 77.8 Å². The minimum atomic E-state index is -4.81. The highest BCUT2D eigenvalue weighted by molar-refractivity contribution is 6.45. The number of ether oxygens (including phenoxy) is 1. The molecule has 2 heterocycles. The van der Waals surface area contributed by atoms with Crippen molar-refractivity contribution >= 4 is 23.5 Å². The van der Waals surface area contributed by atoms with Gasteiger partial charge in [-0.1, -0.05) is 50.6 Å². The first kappa shape index (κ1) is 46.8. The number of aliphatic imine (C=N–C) groups is 1. The normalized spacial score (nSPS) is 20.8. The van der Waals surface area contributed by atoms with E-state index in [4.69, 9.17) is 9.84 Å². The number of halogens is 6. The number of carbonyl (C=O) groups is 3. The maximum Gasteiger partial charge on any atom is 0.418 e. The molecule has 0 spiro atoms. The average Bonchev–Trinajstić information content (AvgIpc) is 3.17. The molecule has 2 aromatic rings. The second-order valence-corrected chi connectivity index (χ2v) is 15.3. The fraction of sp³-hybridized carbons (Fsp3) is 0.535. The molecule has 2 saturated heterocycles. The molecule has 2 unspecified atom stereocenters. The number of aliphatic hydroxyl groups is 1. The van der Waals surface area contributed by atoms with Crippen LogP contribution in [0.2, 0.25) is 0 Å². The molecule has 16 heteroatoms. The molecule has 3 aliphatic rings. The molecule has 0 bridgehead atoms. The molecular weight excluding hydrogens is 784 g/mol. The zero-order valence-corrected chi connectivity index (χ0v) is 33.3. The van der Waals surface area contributed by atoms with Gasteiger partial charge in [-0.15, -0.1) is 0 Å². The van der Waals surface area contributed by atoms with Crippen LogP contribution >= 0.6 is 0 Å². The number of carbonyl (C=O) groups excluding carboxylic acids is 2. The van der Waals surface area contributed by atoms with Gasteiger partial charge in [0.05, 0.1) is 34.7 Å². The molecule has 10 nitrogen and oxygen atoms in total. The number of phenols is 1. The molecule has 2 amide bonds. The van der Waals surface area contributed by atoms with Gasteiger partial charge in [0.1, 0.15) is 17.2 Å². The molecular formula is C43H53F6N3O7. The Balaban J connectivity index is 0.000000603. The average molecular weight is 838 g/mol. The van der Waals surface area contributed by atoms with E-state index in [0.717, 1.165) is 49.9 Å². The molecule has 0 radical (unpaired) electrons. The van der Waals surface area contributed by atoms with Gasteiger partial charge in [-0.3, -0.25) is 19.4 Å². The topological polar surface area (TPSA) is 140 Å². The predicted octanol–water partition coefficient (Wildman–Crippen LogP) is 8.47. The SMILES string of the molecule is C=C/C=C(\C(=NC)C(=O)N1CCCC(C(=O)N2CCC(O)(c3ccccc3OCCCC3(C(=O)O)CCC3)CC2)C1CCC)C(F)(F)F.Oc1ccc(C(F)(F)F)cc1. The van der Waals surface area contributed by atoms with Gasteiger partial charge in [0, 0.05) is 38.3 Å². The van der Waals surface area contributed by atoms with E-state index in [0.29, 0.717) is 69.3 Å². The third-order valence-corrected chi connectivity index (χ3v) is 11.5. The van der Waals surface area contributed by atoms with E-state index in [1.807, 2.05) is 25.1 Å². The molecule has 59 heavy (non-hydrogen) atoms. The number of hydrogen-bond donors (Lipinski definition) is 3. The van der Waals surface area contributed by atoms with E-state index >= 15 is 0 Å². The number of para-hydroxylation sites is 1. The summed E-state index contributed by atoms with van der Waals surface area (Å²) >= 11 is 0. The van der Waals surface area contributed by atoms with E-state index < -0.39 is 64.1 Å². The van der Waals surface area contributed by atoms with Crippen molar-refractivity contribution in [1.82, 2.24) is 9.80 Å². The van der Waals surface area contributed by atoms with Crippen LogP contribution in [0, 0.1) is 11.3 Å². The van der Waals surface area contributed by atoms with Crippen LogP contribution < -0.4 is 4.74 Å². The standard InChI is InChI=1S/C36H48F3N3O6.C7H5F3O/c1-4-11-27(36(37,38)39)30(40-3)32(44)42-21-8-13-25(28(42)12-5-2)31(43)41-22-19-35(47,20-23-41)26-14-6-7-15-29(26)48-24-10-18-34(33(45)46)16-9-17-34;8-7(9,10)5-1-3-6(11)4-2-5/h4,6-7,11,14-15,25,28,47H,1,5,8-10,12-13,16-24H2,2-3H3,(H,45,46);1-4,11H/b27-11+,40-30?;. The second-order valence-electron chi connectivity index (χ2n) is 15.3. The number of phenolic OH excluding ortho intramolecular Hbond substituents is 1. The number of hydrogen-bond acceptors (Lipinski definition) is 7. The Kier molecular flexibility index (Phi) is 15.8. The molecule has 1 aliphatic carbocycles. The Bertz CT molecular complexity index is 1830. The largest absolute Gasteiger partial charge is 0.508 e. The summed E-state index contributed by atoms with van der Waals surface area (Å²) in [5.74, 6) is -2.01. The summed E-state index contributed by atoms with van der Waals surface area (Å²) in [7, 11) is 1.15. The van der Waals surface area contributed by atoms with Gasteiger partial charge in [-0.05, 0) is 94.2 Å². The Hall–Kier alpha value is -4.86. The predicted molar refractivity (Wildman–Crippen MR) is 209 cm³/mol. The van der Waals surface area contributed by atoms with Gasteiger partial charge in [-0.2, -0.15) is 26.3 Å². The summed E-state index contributed by atoms with van der Waals surface area (Å²) < 4.78 is 83.2. The maximum absolute atomic E-state index is 14.0.